The van der Waals surface area contributed by atoms with E-state index >= 15 is 0 Å². The number of aromatic nitrogens is 4. The number of fused-ring (bicyclic) bond motifs is 1. The molecule has 2 aromatic rings. The van der Waals surface area contributed by atoms with Gasteiger partial charge in [0.05, 0.1) is 0 Å². The van der Waals surface area contributed by atoms with Gasteiger partial charge in [-0.15, -0.1) is 0 Å². The summed E-state index contributed by atoms with van der Waals surface area (Å²) in [5, 5.41) is 0. The molecule has 0 radical (unpaired) electrons. The van der Waals surface area contributed by atoms with Crippen LogP contribution < -0.4 is 11.5 Å². The number of rotatable bonds is 3. The Morgan fingerprint density at radius 2 is 2.33 bits per heavy atom. The Labute approximate surface area is 103 Å². The van der Waals surface area contributed by atoms with Crippen LogP contribution >= 0.6 is 7.92 Å². The molecule has 0 fully saturated rings. The van der Waals surface area contributed by atoms with Crippen LogP contribution in [0.4, 0.5) is 11.8 Å². The summed E-state index contributed by atoms with van der Waals surface area (Å²) in [5.74, 6) is 2.56. The van der Waals surface area contributed by atoms with Crippen LogP contribution in [-0.4, -0.2) is 25.6 Å². The number of nitrogen functional groups attached to an aromatic ring is 2. The topological polar surface area (TPSA) is 122 Å². The first kappa shape index (κ1) is 12.6. The van der Waals surface area contributed by atoms with E-state index < -0.39 is 0 Å². The molecule has 0 aliphatic rings. The summed E-state index contributed by atoms with van der Waals surface area (Å²) in [4.78, 5) is 12.0. The van der Waals surface area contributed by atoms with E-state index in [1.807, 2.05) is 0 Å². The van der Waals surface area contributed by atoms with E-state index in [1.165, 1.54) is 0 Å². The second kappa shape index (κ2) is 5.18. The molecule has 0 saturated heterocycles. The van der Waals surface area contributed by atoms with Crippen molar-refractivity contribution in [3.05, 3.63) is 6.33 Å². The van der Waals surface area contributed by atoms with Crippen LogP contribution in [0.15, 0.2) is 6.33 Å². The molecule has 0 bridgehead atoms. The molecule has 0 unspecified atom stereocenters. The molecule has 1 atom stereocenters. The van der Waals surface area contributed by atoms with E-state index in [1.54, 1.807) is 17.8 Å². The minimum atomic E-state index is -0.289. The second-order valence-corrected chi connectivity index (χ2v) is 4.01. The molecule has 0 aliphatic carbocycles. The van der Waals surface area contributed by atoms with Gasteiger partial charge in [0.25, 0.3) is 0 Å². The molecule has 0 aromatic carbocycles. The zero-order valence-corrected chi connectivity index (χ0v) is 10.5. The van der Waals surface area contributed by atoms with Crippen LogP contribution in [0.1, 0.15) is 6.92 Å². The monoisotopic (exact) mass is 266 g/mol. The SMILES string of the molecule is C[C@H](Cn1cnc2c(N)nc(N)nc21)OC#P=O. The van der Waals surface area contributed by atoms with E-state index in [4.69, 9.17) is 16.2 Å². The third kappa shape index (κ3) is 2.51. The molecule has 18 heavy (non-hydrogen) atoms. The van der Waals surface area contributed by atoms with Crippen molar-refractivity contribution < 1.29 is 9.30 Å². The zero-order chi connectivity index (χ0) is 13.1. The maximum atomic E-state index is 10.2. The molecule has 2 rings (SSSR count). The third-order valence-corrected chi connectivity index (χ3v) is 2.43. The van der Waals surface area contributed by atoms with Crippen molar-refractivity contribution in [1.82, 2.24) is 19.5 Å². The average molecular weight is 266 g/mol. The summed E-state index contributed by atoms with van der Waals surface area (Å²) in [6.45, 7) is 2.26. The minimum absolute atomic E-state index is 0.0894. The average Bonchev–Trinajstić information content (AvgIpc) is 2.70. The van der Waals surface area contributed by atoms with Gasteiger partial charge >= 0.3 is 103 Å². The molecule has 0 amide bonds. The van der Waals surface area contributed by atoms with Gasteiger partial charge in [0.15, 0.2) is 0 Å². The normalized spacial score (nSPS) is 12.3. The van der Waals surface area contributed by atoms with Crippen LogP contribution in [0.2, 0.25) is 0 Å². The number of imidazole rings is 1. The number of nitrogens with two attached hydrogens (primary N) is 2. The summed E-state index contributed by atoms with van der Waals surface area (Å²) in [6, 6.07) is 0. The molecule has 0 aliphatic heterocycles. The predicted molar refractivity (Wildman–Crippen MR) is 66.2 cm³/mol. The van der Waals surface area contributed by atoms with E-state index in [9.17, 15) is 4.57 Å². The van der Waals surface area contributed by atoms with Gasteiger partial charge in [0.1, 0.15) is 0 Å². The van der Waals surface area contributed by atoms with Crippen LogP contribution in [0.3, 0.4) is 0 Å². The first-order valence-electron chi connectivity index (χ1n) is 5.08. The number of ether oxygens (including phenoxy) is 1. The van der Waals surface area contributed by atoms with Gasteiger partial charge in [0, 0.05) is 0 Å². The predicted octanol–water partition coefficient (Wildman–Crippen LogP) is 0.604. The van der Waals surface area contributed by atoms with Gasteiger partial charge in [-0.1, -0.05) is 0 Å². The van der Waals surface area contributed by atoms with E-state index in [-0.39, 0.29) is 25.8 Å². The van der Waals surface area contributed by atoms with Gasteiger partial charge in [0.2, 0.25) is 0 Å². The van der Waals surface area contributed by atoms with Crippen molar-refractivity contribution in [3.63, 3.8) is 0 Å². The van der Waals surface area contributed by atoms with Crippen LogP contribution in [0.25, 0.3) is 11.2 Å². The first-order chi connectivity index (χ1) is 8.61. The Morgan fingerprint density at radius 1 is 1.56 bits per heavy atom. The Balaban J connectivity index is 2.33. The third-order valence-electron chi connectivity index (χ3n) is 2.25. The summed E-state index contributed by atoms with van der Waals surface area (Å²) in [7, 11) is -0.289. The molecule has 2 aromatic heterocycles. The van der Waals surface area contributed by atoms with Crippen molar-refractivity contribution >= 4 is 30.8 Å². The summed E-state index contributed by atoms with van der Waals surface area (Å²) < 4.78 is 17.0. The molecule has 0 saturated carbocycles. The zero-order valence-electron chi connectivity index (χ0n) is 9.57. The fraction of sp³-hybridized carbons (Fsp3) is 0.333. The molecule has 4 N–H and O–H groups in total. The Bertz CT molecular complexity index is 679. The first-order valence-corrected chi connectivity index (χ1v) is 5.90. The van der Waals surface area contributed by atoms with Gasteiger partial charge in [-0.3, -0.25) is 0 Å². The Hall–Kier alpha value is -1.88. The van der Waals surface area contributed by atoms with Crippen molar-refractivity contribution in [2.45, 2.75) is 19.6 Å². The fourth-order valence-corrected chi connectivity index (χ4v) is 1.77. The van der Waals surface area contributed by atoms with Gasteiger partial charge < -0.3 is 0 Å². The van der Waals surface area contributed by atoms with Gasteiger partial charge in [-0.05, 0) is 0 Å². The van der Waals surface area contributed by atoms with Crippen LogP contribution in [-0.2, 0) is 15.8 Å². The van der Waals surface area contributed by atoms with E-state index in [0.717, 1.165) is 0 Å². The standard InChI is InChI=1S/C9H11N6O2P/c1-5(17-4-18-16)2-15-3-12-6-7(10)13-9(11)14-8(6)15/h3,5H,2H2,1H3,(H4,10,11,13,14)/t5-/m1/s1. The van der Waals surface area contributed by atoms with E-state index in [2.05, 4.69) is 20.8 Å². The molecule has 9 heteroatoms. The van der Waals surface area contributed by atoms with Gasteiger partial charge in [-0.25, -0.2) is 0 Å². The number of hydrogen-bond donors (Lipinski definition) is 2. The molecular weight excluding hydrogens is 255 g/mol. The molecule has 2 heterocycles. The van der Waals surface area contributed by atoms with Crippen molar-refractivity contribution in [2.24, 2.45) is 0 Å². The Morgan fingerprint density at radius 3 is 3.06 bits per heavy atom. The fourth-order valence-electron chi connectivity index (χ4n) is 1.54. The van der Waals surface area contributed by atoms with E-state index in [0.29, 0.717) is 17.7 Å². The maximum absolute atomic E-state index is 10.2. The summed E-state index contributed by atoms with van der Waals surface area (Å²) >= 11 is 0. The van der Waals surface area contributed by atoms with Crippen molar-refractivity contribution in [3.8, 4) is 5.81 Å². The van der Waals surface area contributed by atoms with Crippen LogP contribution in [0.5, 0.6) is 0 Å². The molecular formula is C9H11N6O2P. The molecule has 0 spiro atoms. The Kier molecular flexibility index (Phi) is 3.62. The number of anilines is 2. The molecule has 94 valence electrons. The quantitative estimate of drug-likeness (QED) is 0.780. The van der Waals surface area contributed by atoms with Crippen molar-refractivity contribution in [2.75, 3.05) is 11.5 Å². The summed E-state index contributed by atoms with van der Waals surface area (Å²) in [5.41, 5.74) is 12.3. The number of hydrogen-bond acceptors (Lipinski definition) is 7. The second-order valence-electron chi connectivity index (χ2n) is 3.65. The van der Waals surface area contributed by atoms with Crippen molar-refractivity contribution in [1.29, 1.82) is 0 Å². The van der Waals surface area contributed by atoms with Gasteiger partial charge in [-0.2, -0.15) is 0 Å². The number of nitrogens with zero attached hydrogens (tertiary/aromatic N) is 4. The molecule has 8 nitrogen and oxygen atoms in total. The van der Waals surface area contributed by atoms with Crippen LogP contribution in [0, 0.1) is 5.81 Å². The summed E-state index contributed by atoms with van der Waals surface area (Å²) in [6.07, 6.45) is 1.34.